The molecule has 0 bridgehead atoms. The molecule has 1 unspecified atom stereocenters. The molecule has 3 nitrogen and oxygen atoms in total. The largest absolute Gasteiger partial charge is 0.460 e. The Labute approximate surface area is 115 Å². The molecule has 1 aromatic rings. The van der Waals surface area contributed by atoms with Crippen molar-refractivity contribution in [2.24, 2.45) is 0 Å². The fourth-order valence-electron chi connectivity index (χ4n) is 1.83. The van der Waals surface area contributed by atoms with Crippen LogP contribution in [-0.4, -0.2) is 19.2 Å². The predicted octanol–water partition coefficient (Wildman–Crippen LogP) is 3.18. The third kappa shape index (κ3) is 3.00. The van der Waals surface area contributed by atoms with Crippen molar-refractivity contribution in [2.75, 3.05) is 13.2 Å². The van der Waals surface area contributed by atoms with Gasteiger partial charge in [0.25, 0.3) is 0 Å². The number of ether oxygens (including phenoxy) is 2. The van der Waals surface area contributed by atoms with E-state index in [4.69, 9.17) is 9.47 Å². The zero-order valence-corrected chi connectivity index (χ0v) is 11.8. The second-order valence-corrected chi connectivity index (χ2v) is 5.24. The van der Waals surface area contributed by atoms with E-state index in [1.165, 1.54) is 11.1 Å². The van der Waals surface area contributed by atoms with Gasteiger partial charge < -0.3 is 9.47 Å². The number of hydrogen-bond donors (Lipinski definition) is 0. The van der Waals surface area contributed by atoms with E-state index >= 15 is 0 Å². The molecule has 1 aromatic carbocycles. The maximum absolute atomic E-state index is 11.1. The predicted molar refractivity (Wildman–Crippen MR) is 72.3 cm³/mol. The number of carbonyl (C=O) groups excluding carboxylic acids is 1. The molecule has 0 saturated heterocycles. The summed E-state index contributed by atoms with van der Waals surface area (Å²) in [7, 11) is 0. The van der Waals surface area contributed by atoms with Gasteiger partial charge in [-0.1, -0.05) is 28.6 Å². The van der Waals surface area contributed by atoms with Gasteiger partial charge in [0.2, 0.25) is 0 Å². The molecule has 0 heterocycles. The van der Waals surface area contributed by atoms with Crippen LogP contribution in [0.1, 0.15) is 24.2 Å². The van der Waals surface area contributed by atoms with Gasteiger partial charge in [0.1, 0.15) is 6.61 Å². The first-order valence-corrected chi connectivity index (χ1v) is 6.60. The Balaban J connectivity index is 1.74. The standard InChI is InChI=1S/C14H15BrO3/c1-9(2)14(16)18-6-5-17-13-7-10-3-4-11(15)8-12(10)13/h3-4,8,13H,1,5-7H2,2H3. The molecule has 2 rings (SSSR count). The van der Waals surface area contributed by atoms with E-state index in [-0.39, 0.29) is 18.7 Å². The van der Waals surface area contributed by atoms with E-state index in [9.17, 15) is 4.79 Å². The first-order valence-electron chi connectivity index (χ1n) is 5.80. The maximum Gasteiger partial charge on any atom is 0.333 e. The minimum Gasteiger partial charge on any atom is -0.460 e. The monoisotopic (exact) mass is 310 g/mol. The van der Waals surface area contributed by atoms with E-state index < -0.39 is 0 Å². The van der Waals surface area contributed by atoms with Crippen molar-refractivity contribution in [3.05, 3.63) is 46.0 Å². The number of esters is 1. The Morgan fingerprint density at radius 3 is 3.00 bits per heavy atom. The van der Waals surface area contributed by atoms with Gasteiger partial charge in [0, 0.05) is 16.5 Å². The van der Waals surface area contributed by atoms with E-state index in [1.807, 2.05) is 6.07 Å². The van der Waals surface area contributed by atoms with Crippen molar-refractivity contribution in [3.63, 3.8) is 0 Å². The number of fused-ring (bicyclic) bond motifs is 1. The van der Waals surface area contributed by atoms with Gasteiger partial charge in [-0.05, 0) is 30.2 Å². The van der Waals surface area contributed by atoms with Crippen LogP contribution in [0.3, 0.4) is 0 Å². The lowest BCUT2D eigenvalue weighted by atomic mass is 9.85. The Morgan fingerprint density at radius 1 is 1.50 bits per heavy atom. The SMILES string of the molecule is C=C(C)C(=O)OCCOC1Cc2ccc(Br)cc21. The highest BCUT2D eigenvalue weighted by Crippen LogP contribution is 2.37. The number of carbonyl (C=O) groups is 1. The quantitative estimate of drug-likeness (QED) is 0.476. The number of halogens is 1. The average molecular weight is 311 g/mol. The summed E-state index contributed by atoms with van der Waals surface area (Å²) in [5, 5.41) is 0. The van der Waals surface area contributed by atoms with Gasteiger partial charge in [-0.25, -0.2) is 4.79 Å². The van der Waals surface area contributed by atoms with Crippen molar-refractivity contribution in [1.82, 2.24) is 0 Å². The summed E-state index contributed by atoms with van der Waals surface area (Å²) in [6, 6.07) is 6.20. The zero-order chi connectivity index (χ0) is 13.1. The minimum absolute atomic E-state index is 0.126. The summed E-state index contributed by atoms with van der Waals surface area (Å²) in [5.74, 6) is -0.365. The van der Waals surface area contributed by atoms with Gasteiger partial charge in [0.05, 0.1) is 12.7 Å². The Kier molecular flexibility index (Phi) is 4.19. The highest BCUT2D eigenvalue weighted by Gasteiger charge is 2.26. The summed E-state index contributed by atoms with van der Waals surface area (Å²) >= 11 is 3.44. The molecular weight excluding hydrogens is 296 g/mol. The summed E-state index contributed by atoms with van der Waals surface area (Å²) in [6.07, 6.45) is 1.05. The molecule has 0 saturated carbocycles. The molecule has 0 amide bonds. The van der Waals surface area contributed by atoms with Crippen LogP contribution in [0, 0.1) is 0 Å². The Hall–Kier alpha value is -1.13. The average Bonchev–Trinajstić information content (AvgIpc) is 2.31. The number of rotatable bonds is 5. The molecule has 0 fully saturated rings. The van der Waals surface area contributed by atoms with Crippen molar-refractivity contribution < 1.29 is 14.3 Å². The van der Waals surface area contributed by atoms with Gasteiger partial charge in [-0.15, -0.1) is 0 Å². The summed E-state index contributed by atoms with van der Waals surface area (Å²) in [5.41, 5.74) is 2.95. The highest BCUT2D eigenvalue weighted by molar-refractivity contribution is 9.10. The number of benzene rings is 1. The van der Waals surface area contributed by atoms with Crippen LogP contribution in [0.2, 0.25) is 0 Å². The third-order valence-corrected chi connectivity index (χ3v) is 3.34. The fraction of sp³-hybridized carbons (Fsp3) is 0.357. The van der Waals surface area contributed by atoms with Gasteiger partial charge in [-0.3, -0.25) is 0 Å². The molecule has 1 aliphatic carbocycles. The van der Waals surface area contributed by atoms with Crippen LogP contribution in [-0.2, 0) is 20.7 Å². The Bertz CT molecular complexity index is 482. The van der Waals surface area contributed by atoms with Crippen molar-refractivity contribution in [2.45, 2.75) is 19.4 Å². The molecule has 96 valence electrons. The molecule has 4 heteroatoms. The lowest BCUT2D eigenvalue weighted by Gasteiger charge is -2.30. The first kappa shape index (κ1) is 13.3. The second kappa shape index (κ2) is 5.67. The smallest absolute Gasteiger partial charge is 0.333 e. The second-order valence-electron chi connectivity index (χ2n) is 4.32. The molecule has 18 heavy (non-hydrogen) atoms. The van der Waals surface area contributed by atoms with Gasteiger partial charge >= 0.3 is 5.97 Å². The zero-order valence-electron chi connectivity index (χ0n) is 10.2. The van der Waals surface area contributed by atoms with E-state index in [1.54, 1.807) is 6.92 Å². The molecule has 0 aromatic heterocycles. The molecular formula is C14H15BrO3. The molecule has 1 aliphatic rings. The summed E-state index contributed by atoms with van der Waals surface area (Å²) < 4.78 is 11.7. The normalized spacial score (nSPS) is 16.7. The maximum atomic E-state index is 11.1. The van der Waals surface area contributed by atoms with E-state index in [0.29, 0.717) is 12.2 Å². The molecule has 0 radical (unpaired) electrons. The van der Waals surface area contributed by atoms with Crippen molar-refractivity contribution >= 4 is 21.9 Å². The molecule has 1 atom stereocenters. The van der Waals surface area contributed by atoms with E-state index in [2.05, 4.69) is 34.6 Å². The highest BCUT2D eigenvalue weighted by atomic mass is 79.9. The minimum atomic E-state index is -0.365. The Morgan fingerprint density at radius 2 is 2.28 bits per heavy atom. The van der Waals surface area contributed by atoms with Crippen molar-refractivity contribution in [1.29, 1.82) is 0 Å². The summed E-state index contributed by atoms with van der Waals surface area (Å²) in [4.78, 5) is 11.1. The third-order valence-electron chi connectivity index (χ3n) is 2.84. The molecule has 0 spiro atoms. The van der Waals surface area contributed by atoms with Crippen LogP contribution < -0.4 is 0 Å². The van der Waals surface area contributed by atoms with Crippen LogP contribution in [0.15, 0.2) is 34.8 Å². The lowest BCUT2D eigenvalue weighted by Crippen LogP contribution is -2.22. The lowest BCUT2D eigenvalue weighted by molar-refractivity contribution is -0.141. The number of hydrogen-bond acceptors (Lipinski definition) is 3. The van der Waals surface area contributed by atoms with Crippen LogP contribution in [0.5, 0.6) is 0 Å². The van der Waals surface area contributed by atoms with Gasteiger partial charge in [0.15, 0.2) is 0 Å². The molecule has 0 aliphatic heterocycles. The first-order chi connectivity index (χ1) is 8.58. The van der Waals surface area contributed by atoms with E-state index in [0.717, 1.165) is 10.9 Å². The summed E-state index contributed by atoms with van der Waals surface area (Å²) in [6.45, 7) is 5.82. The van der Waals surface area contributed by atoms with Gasteiger partial charge in [-0.2, -0.15) is 0 Å². The topological polar surface area (TPSA) is 35.5 Å². The van der Waals surface area contributed by atoms with Crippen LogP contribution in [0.4, 0.5) is 0 Å². The van der Waals surface area contributed by atoms with Crippen molar-refractivity contribution in [3.8, 4) is 0 Å². The molecule has 0 N–H and O–H groups in total. The fourth-order valence-corrected chi connectivity index (χ4v) is 2.21. The van der Waals surface area contributed by atoms with Crippen LogP contribution in [0.25, 0.3) is 0 Å². The van der Waals surface area contributed by atoms with Crippen LogP contribution >= 0.6 is 15.9 Å².